The Labute approximate surface area is 332 Å². The second-order valence-electron chi connectivity index (χ2n) is 16.4. The van der Waals surface area contributed by atoms with Crippen molar-refractivity contribution in [3.8, 4) is 0 Å². The minimum atomic E-state index is -3.69. The average molecular weight is 882 g/mol. The third kappa shape index (κ3) is 8.03. The first-order valence-electron chi connectivity index (χ1n) is 19.5. The molecule has 0 aliphatic carbocycles. The highest BCUT2D eigenvalue weighted by Gasteiger charge is 2.63. The lowest BCUT2D eigenvalue weighted by molar-refractivity contribution is -0.158. The van der Waals surface area contributed by atoms with E-state index in [1.807, 2.05) is 6.92 Å². The summed E-state index contributed by atoms with van der Waals surface area (Å²) in [5.41, 5.74) is -1.47. The van der Waals surface area contributed by atoms with Crippen molar-refractivity contribution in [1.82, 2.24) is 9.34 Å². The number of benzene rings is 1. The van der Waals surface area contributed by atoms with Gasteiger partial charge in [0.1, 0.15) is 30.0 Å². The van der Waals surface area contributed by atoms with E-state index < -0.39 is 50.1 Å². The average Bonchev–Trinajstić information content (AvgIpc) is 3.98. The summed E-state index contributed by atoms with van der Waals surface area (Å²) in [6, 6.07) is 7.54. The van der Waals surface area contributed by atoms with E-state index >= 15 is 0 Å². The van der Waals surface area contributed by atoms with Crippen molar-refractivity contribution in [2.45, 2.75) is 138 Å². The number of methoxy groups -OCH3 is 2. The number of fused-ring (bicyclic) bond motifs is 4. The van der Waals surface area contributed by atoms with Gasteiger partial charge in [0.05, 0.1) is 43.0 Å². The molecule has 0 radical (unpaired) electrons. The predicted molar refractivity (Wildman–Crippen MR) is 208 cm³/mol. The summed E-state index contributed by atoms with van der Waals surface area (Å²) in [6.45, 7) is 16.1. The molecule has 7 aliphatic heterocycles. The van der Waals surface area contributed by atoms with Gasteiger partial charge in [0.25, 0.3) is 17.1 Å². The molecular weight excluding hydrogens is 822 g/mol. The molecule has 14 atom stereocenters. The Balaban J connectivity index is 0.000000174. The van der Waals surface area contributed by atoms with Crippen molar-refractivity contribution in [3.63, 3.8) is 0 Å². The fourth-order valence-electron chi connectivity index (χ4n) is 9.23. The first-order chi connectivity index (χ1) is 25.8. The topological polar surface area (TPSA) is 124 Å². The Kier molecular flexibility index (Phi) is 13.6. The van der Waals surface area contributed by atoms with Crippen LogP contribution in [-0.4, -0.2) is 131 Å². The first kappa shape index (κ1) is 42.2. The Morgan fingerprint density at radius 3 is 2.04 bits per heavy atom. The van der Waals surface area contributed by atoms with Crippen LogP contribution in [-0.2, 0) is 51.6 Å². The molecule has 2 bridgehead atoms. The molecule has 8 rings (SSSR count). The van der Waals surface area contributed by atoms with Crippen LogP contribution in [0.15, 0.2) is 33.6 Å². The van der Waals surface area contributed by atoms with E-state index in [4.69, 9.17) is 41.8 Å². The van der Waals surface area contributed by atoms with Crippen LogP contribution >= 0.6 is 33.0 Å². The fraction of sp³-hybridized carbons (Fsp3) is 0.838. The largest absolute Gasteiger partial charge is 0.382 e. The number of nitrogens with zero attached hydrogens (tertiary/aromatic N) is 2. The number of ether oxygens (including phenoxy) is 5. The van der Waals surface area contributed by atoms with Gasteiger partial charge in [0.2, 0.25) is 9.84 Å². The van der Waals surface area contributed by atoms with Crippen LogP contribution in [0.1, 0.15) is 67.2 Å². The van der Waals surface area contributed by atoms with Gasteiger partial charge in [0, 0.05) is 49.8 Å². The maximum absolute atomic E-state index is 13.3. The summed E-state index contributed by atoms with van der Waals surface area (Å²) in [4.78, 5) is 0.242. The molecule has 1 aromatic rings. The molecular formula is C37H59BrN2O11P2S. The normalized spacial score (nSPS) is 41.9. The third-order valence-electron chi connectivity index (χ3n) is 11.9. The lowest BCUT2D eigenvalue weighted by Gasteiger charge is -2.31. The SMILES string of the molecule is COC[C@H]1O[C@@H](S(=O)(=O)c2ccc(Br)cc2)[C@@H](C)C1OP1OC(C(C)C)[C@@H]2CCCN21.COC[C@]12CO[C@@H](C1OP1OC(C(C)C)C3CCCN31)[C@H](C)O2. The van der Waals surface area contributed by atoms with Crippen LogP contribution in [0.2, 0.25) is 0 Å². The number of sulfone groups is 1. The first-order valence-corrected chi connectivity index (χ1v) is 24.1. The second-order valence-corrected chi connectivity index (χ2v) is 22.2. The van der Waals surface area contributed by atoms with Gasteiger partial charge in [-0.2, -0.15) is 0 Å². The van der Waals surface area contributed by atoms with Crippen molar-refractivity contribution >= 4 is 42.8 Å². The van der Waals surface area contributed by atoms with Crippen LogP contribution < -0.4 is 0 Å². The zero-order chi connectivity index (χ0) is 38.5. The van der Waals surface area contributed by atoms with Gasteiger partial charge < -0.3 is 41.8 Å². The lowest BCUT2D eigenvalue weighted by Crippen LogP contribution is -2.45. The van der Waals surface area contributed by atoms with E-state index in [0.717, 1.165) is 30.4 Å². The molecule has 54 heavy (non-hydrogen) atoms. The highest BCUT2D eigenvalue weighted by Crippen LogP contribution is 2.61. The zero-order valence-corrected chi connectivity index (χ0v) is 36.9. The standard InChI is InChI=1S/C21H31BrNO6PS.C16H28NO5P/c1-13(2)19-17-6-5-11-23(17)30(28-19)29-20-14(3)21(27-18(20)12-26-4)31(24,25)16-9-7-15(22)8-10-16;1-10(2)13-12-6-5-7-17(12)23(21-13)22-15-14-11(3)20-16(15,8-18-4)9-19-14/h7-10,13-14,17-21H,5-6,11-12H2,1-4H3;10-15H,5-9H2,1-4H3/t14-,17-,18+,19?,20?,21-,30?;11-,12?,13?,14+,15?,16-,23?/m00/s1. The number of rotatable bonds is 12. The maximum atomic E-state index is 13.3. The van der Waals surface area contributed by atoms with Crippen molar-refractivity contribution in [3.05, 3.63) is 28.7 Å². The van der Waals surface area contributed by atoms with Gasteiger partial charge in [-0.25, -0.2) is 17.8 Å². The monoisotopic (exact) mass is 880 g/mol. The van der Waals surface area contributed by atoms with Crippen molar-refractivity contribution in [2.24, 2.45) is 17.8 Å². The van der Waals surface area contributed by atoms with Gasteiger partial charge in [-0.1, -0.05) is 50.5 Å². The Bertz CT molecular complexity index is 1530. The van der Waals surface area contributed by atoms with E-state index in [1.54, 1.807) is 38.5 Å². The lowest BCUT2D eigenvalue weighted by atomic mass is 9.99. The van der Waals surface area contributed by atoms with E-state index in [2.05, 4.69) is 59.9 Å². The summed E-state index contributed by atoms with van der Waals surface area (Å²) >= 11 is 3.35. The van der Waals surface area contributed by atoms with Crippen LogP contribution in [0.3, 0.4) is 0 Å². The Hall–Kier alpha value is 0.0700. The number of halogens is 1. The van der Waals surface area contributed by atoms with E-state index in [-0.39, 0.29) is 47.9 Å². The predicted octanol–water partition coefficient (Wildman–Crippen LogP) is 6.68. The van der Waals surface area contributed by atoms with Crippen molar-refractivity contribution in [1.29, 1.82) is 0 Å². The molecule has 7 saturated heterocycles. The third-order valence-corrected chi connectivity index (χ3v) is 18.0. The van der Waals surface area contributed by atoms with Gasteiger partial charge >= 0.3 is 0 Å². The molecule has 1 aromatic carbocycles. The quantitative estimate of drug-likeness (QED) is 0.208. The molecule has 7 fully saturated rings. The van der Waals surface area contributed by atoms with Crippen LogP contribution in [0, 0.1) is 17.8 Å². The van der Waals surface area contributed by atoms with Gasteiger partial charge in [0.15, 0.2) is 5.44 Å². The minimum absolute atomic E-state index is 0.0181. The van der Waals surface area contributed by atoms with E-state index in [9.17, 15) is 8.42 Å². The molecule has 0 amide bonds. The van der Waals surface area contributed by atoms with Crippen LogP contribution in [0.4, 0.5) is 0 Å². The van der Waals surface area contributed by atoms with Gasteiger partial charge in [-0.15, -0.1) is 0 Å². The Morgan fingerprint density at radius 1 is 0.907 bits per heavy atom. The summed E-state index contributed by atoms with van der Waals surface area (Å²) < 4.78 is 86.9. The van der Waals surface area contributed by atoms with Gasteiger partial charge in [-0.05, 0) is 68.7 Å². The van der Waals surface area contributed by atoms with E-state index in [1.165, 1.54) is 12.8 Å². The Morgan fingerprint density at radius 2 is 1.50 bits per heavy atom. The molecule has 7 heterocycles. The molecule has 306 valence electrons. The molecule has 7 unspecified atom stereocenters. The van der Waals surface area contributed by atoms with Crippen LogP contribution in [0.5, 0.6) is 0 Å². The molecule has 17 heteroatoms. The number of hydrogen-bond donors (Lipinski definition) is 0. The molecule has 0 saturated carbocycles. The molecule has 0 spiro atoms. The summed E-state index contributed by atoms with van der Waals surface area (Å²) in [5.74, 6) is 0.551. The second kappa shape index (κ2) is 17.3. The maximum Gasteiger partial charge on any atom is 0.259 e. The van der Waals surface area contributed by atoms with Crippen molar-refractivity contribution < 1.29 is 50.2 Å². The summed E-state index contributed by atoms with van der Waals surface area (Å²) in [5, 5.41) is 0. The molecule has 0 aromatic heterocycles. The fourth-order valence-corrected chi connectivity index (χ4v) is 15.7. The van der Waals surface area contributed by atoms with Crippen molar-refractivity contribution in [2.75, 3.05) is 47.1 Å². The highest BCUT2D eigenvalue weighted by atomic mass is 79.9. The van der Waals surface area contributed by atoms with Crippen LogP contribution in [0.25, 0.3) is 0 Å². The molecule has 0 N–H and O–H groups in total. The minimum Gasteiger partial charge on any atom is -0.382 e. The van der Waals surface area contributed by atoms with Gasteiger partial charge in [-0.3, -0.25) is 0 Å². The summed E-state index contributed by atoms with van der Waals surface area (Å²) in [7, 11) is -2.67. The summed E-state index contributed by atoms with van der Waals surface area (Å²) in [6.07, 6.45) is 4.15. The zero-order valence-electron chi connectivity index (χ0n) is 32.7. The molecule has 13 nitrogen and oxygen atoms in total. The smallest absolute Gasteiger partial charge is 0.259 e. The highest BCUT2D eigenvalue weighted by molar-refractivity contribution is 9.10. The number of hydrogen-bond acceptors (Lipinski definition) is 13. The van der Waals surface area contributed by atoms with E-state index in [0.29, 0.717) is 37.1 Å². The molecule has 7 aliphatic rings.